The molecule has 5 nitrogen and oxygen atoms in total. The smallest absolute Gasteiger partial charge is 0.410 e. The summed E-state index contributed by atoms with van der Waals surface area (Å²) in [5, 5.41) is 8.68. The van der Waals surface area contributed by atoms with E-state index in [1.54, 1.807) is 26.0 Å². The van der Waals surface area contributed by atoms with Crippen molar-refractivity contribution in [2.75, 3.05) is 5.32 Å². The van der Waals surface area contributed by atoms with Crippen LogP contribution in [0.3, 0.4) is 0 Å². The largest absolute Gasteiger partial charge is 0.458 e. The van der Waals surface area contributed by atoms with Crippen LogP contribution in [0.4, 0.5) is 19.0 Å². The molecule has 2 unspecified atom stereocenters. The predicted octanol–water partition coefficient (Wildman–Crippen LogP) is 4.17. The van der Waals surface area contributed by atoms with E-state index in [1.807, 2.05) is 5.38 Å². The normalized spacial score (nSPS) is 20.6. The van der Waals surface area contributed by atoms with Crippen molar-refractivity contribution in [2.24, 2.45) is 0 Å². The fourth-order valence-electron chi connectivity index (χ4n) is 2.62. The Morgan fingerprint density at radius 1 is 1.50 bits per heavy atom. The van der Waals surface area contributed by atoms with Crippen molar-refractivity contribution in [2.45, 2.75) is 44.6 Å². The van der Waals surface area contributed by atoms with Crippen molar-refractivity contribution in [3.63, 3.8) is 0 Å². The summed E-state index contributed by atoms with van der Waals surface area (Å²) >= 11 is 1.39. The van der Waals surface area contributed by atoms with E-state index in [2.05, 4.69) is 10.4 Å². The summed E-state index contributed by atoms with van der Waals surface area (Å²) in [6, 6.07) is 2.62. The van der Waals surface area contributed by atoms with Crippen molar-refractivity contribution in [1.82, 2.24) is 9.78 Å². The van der Waals surface area contributed by atoms with Gasteiger partial charge in [-0.25, -0.2) is 9.48 Å². The average molecular weight is 359 g/mol. The lowest BCUT2D eigenvalue weighted by Crippen LogP contribution is -2.35. The summed E-state index contributed by atoms with van der Waals surface area (Å²) in [5.41, 5.74) is -0.132. The van der Waals surface area contributed by atoms with Crippen LogP contribution in [0, 0.1) is 0 Å². The molecule has 0 saturated heterocycles. The highest BCUT2D eigenvalue weighted by Gasteiger charge is 2.47. The number of nitrogens with zero attached hydrogens (tertiary/aromatic N) is 2. The van der Waals surface area contributed by atoms with Crippen molar-refractivity contribution in [1.29, 1.82) is 0 Å². The number of anilines is 1. The molecule has 1 N–H and O–H groups in total. The number of hydrogen-bond acceptors (Lipinski definition) is 5. The Balaban J connectivity index is 1.95. The minimum absolute atomic E-state index is 0.132. The minimum atomic E-state index is -4.46. The monoisotopic (exact) mass is 359 g/mol. The number of nitrogens with one attached hydrogen (secondary N) is 1. The Hall–Kier alpha value is -2.03. The third-order valence-corrected chi connectivity index (χ3v) is 4.61. The molecule has 1 aliphatic heterocycles. The molecule has 2 aromatic rings. The number of thiophene rings is 1. The maximum Gasteiger partial charge on any atom is 0.410 e. The third kappa shape index (κ3) is 3.26. The molecule has 1 aliphatic rings. The molecule has 3 rings (SSSR count). The van der Waals surface area contributed by atoms with Gasteiger partial charge in [-0.2, -0.15) is 18.3 Å². The number of carbonyl (C=O) groups excluding carboxylic acids is 1. The molecule has 0 saturated carbocycles. The first kappa shape index (κ1) is 16.8. The van der Waals surface area contributed by atoms with Crippen LogP contribution in [0.25, 0.3) is 0 Å². The Morgan fingerprint density at radius 3 is 2.83 bits per heavy atom. The molecule has 3 heterocycles. The number of halogens is 3. The number of carbonyl (C=O) groups is 1. The Bertz CT molecular complexity index is 725. The summed E-state index contributed by atoms with van der Waals surface area (Å²) in [4.78, 5) is 12.7. The zero-order valence-corrected chi connectivity index (χ0v) is 13.8. The van der Waals surface area contributed by atoms with Crippen molar-refractivity contribution < 1.29 is 22.7 Å². The van der Waals surface area contributed by atoms with Gasteiger partial charge in [0.25, 0.3) is 0 Å². The van der Waals surface area contributed by atoms with Crippen LogP contribution in [0.1, 0.15) is 47.7 Å². The summed E-state index contributed by atoms with van der Waals surface area (Å²) in [6.45, 7) is 3.33. The molecule has 2 aromatic heterocycles. The predicted molar refractivity (Wildman–Crippen MR) is 83.2 cm³/mol. The molecule has 0 aromatic carbocycles. The SMILES string of the molecule is CC(C)OC(=O)c1cc2n(n1)C(C(F)(F)F)CC(c1cccs1)N2. The number of rotatable bonds is 3. The number of ether oxygens (including phenoxy) is 1. The third-order valence-electron chi connectivity index (χ3n) is 3.63. The first-order chi connectivity index (χ1) is 11.3. The minimum Gasteiger partial charge on any atom is -0.458 e. The summed E-state index contributed by atoms with van der Waals surface area (Å²) < 4.78 is 46.2. The van der Waals surface area contributed by atoms with E-state index < -0.39 is 24.2 Å². The van der Waals surface area contributed by atoms with E-state index in [0.717, 1.165) is 9.56 Å². The van der Waals surface area contributed by atoms with Crippen LogP contribution in [0.5, 0.6) is 0 Å². The maximum absolute atomic E-state index is 13.5. The Labute approximate surface area is 140 Å². The zero-order valence-electron chi connectivity index (χ0n) is 13.0. The van der Waals surface area contributed by atoms with Crippen LogP contribution in [0.15, 0.2) is 23.6 Å². The quantitative estimate of drug-likeness (QED) is 0.836. The molecule has 0 spiro atoms. The molecule has 0 amide bonds. The van der Waals surface area contributed by atoms with Crippen LogP contribution < -0.4 is 5.32 Å². The van der Waals surface area contributed by atoms with Crippen molar-refractivity contribution in [3.05, 3.63) is 34.2 Å². The fourth-order valence-corrected chi connectivity index (χ4v) is 3.41. The Morgan fingerprint density at radius 2 is 2.25 bits per heavy atom. The second-order valence-corrected chi connectivity index (χ2v) is 6.80. The van der Waals surface area contributed by atoms with Gasteiger partial charge in [0.05, 0.1) is 12.1 Å². The van der Waals surface area contributed by atoms with E-state index in [9.17, 15) is 18.0 Å². The van der Waals surface area contributed by atoms with Crippen molar-refractivity contribution in [3.8, 4) is 0 Å². The number of esters is 1. The highest BCUT2D eigenvalue weighted by molar-refractivity contribution is 7.10. The molecular weight excluding hydrogens is 343 g/mol. The van der Waals surface area contributed by atoms with Gasteiger partial charge in [0, 0.05) is 17.4 Å². The van der Waals surface area contributed by atoms with Gasteiger partial charge in [0.2, 0.25) is 0 Å². The molecular formula is C15H16F3N3O2S. The van der Waals surface area contributed by atoms with Gasteiger partial charge in [-0.05, 0) is 25.3 Å². The van der Waals surface area contributed by atoms with Gasteiger partial charge in [-0.1, -0.05) is 6.07 Å². The lowest BCUT2D eigenvalue weighted by molar-refractivity contribution is -0.173. The van der Waals surface area contributed by atoms with E-state index in [1.165, 1.54) is 17.4 Å². The summed E-state index contributed by atoms with van der Waals surface area (Å²) in [7, 11) is 0. The number of alkyl halides is 3. The average Bonchev–Trinajstić information content (AvgIpc) is 3.13. The van der Waals surface area contributed by atoms with Crippen LogP contribution >= 0.6 is 11.3 Å². The standard InChI is InChI=1S/C15H16F3N3O2S/c1-8(2)23-14(22)10-7-13-19-9(11-4-3-5-24-11)6-12(15(16,17)18)21(13)20-10/h3-5,7-9,12,19H,6H2,1-2H3. The second kappa shape index (κ2) is 6.12. The lowest BCUT2D eigenvalue weighted by Gasteiger charge is -2.32. The van der Waals surface area contributed by atoms with Crippen LogP contribution in [-0.2, 0) is 4.74 Å². The van der Waals surface area contributed by atoms with Gasteiger partial charge < -0.3 is 10.1 Å². The molecule has 0 fully saturated rings. The van der Waals surface area contributed by atoms with Gasteiger partial charge in [-0.15, -0.1) is 11.3 Å². The van der Waals surface area contributed by atoms with E-state index >= 15 is 0 Å². The molecule has 0 radical (unpaired) electrons. The molecule has 9 heteroatoms. The van der Waals surface area contributed by atoms with E-state index in [4.69, 9.17) is 4.74 Å². The number of fused-ring (bicyclic) bond motifs is 1. The maximum atomic E-state index is 13.5. The van der Waals surface area contributed by atoms with Gasteiger partial charge in [0.15, 0.2) is 11.7 Å². The fraction of sp³-hybridized carbons (Fsp3) is 0.467. The van der Waals surface area contributed by atoms with Gasteiger partial charge in [0.1, 0.15) is 5.82 Å². The van der Waals surface area contributed by atoms with E-state index in [-0.39, 0.29) is 24.0 Å². The number of hydrogen-bond donors (Lipinski definition) is 1. The molecule has 2 atom stereocenters. The highest BCUT2D eigenvalue weighted by atomic mass is 32.1. The molecule has 0 bridgehead atoms. The highest BCUT2D eigenvalue weighted by Crippen LogP contribution is 2.44. The topological polar surface area (TPSA) is 56.2 Å². The second-order valence-electron chi connectivity index (χ2n) is 5.82. The van der Waals surface area contributed by atoms with Crippen molar-refractivity contribution >= 4 is 23.1 Å². The first-order valence-electron chi connectivity index (χ1n) is 7.43. The summed E-state index contributed by atoms with van der Waals surface area (Å²) in [5.74, 6) is -0.569. The zero-order chi connectivity index (χ0) is 17.5. The van der Waals surface area contributed by atoms with Crippen LogP contribution in [0.2, 0.25) is 0 Å². The molecule has 130 valence electrons. The van der Waals surface area contributed by atoms with Gasteiger partial charge >= 0.3 is 12.1 Å². The number of aromatic nitrogens is 2. The Kier molecular flexibility index (Phi) is 4.29. The van der Waals surface area contributed by atoms with Crippen LogP contribution in [-0.4, -0.2) is 28.0 Å². The first-order valence-corrected chi connectivity index (χ1v) is 8.31. The lowest BCUT2D eigenvalue weighted by atomic mass is 10.0. The van der Waals surface area contributed by atoms with Gasteiger partial charge in [-0.3, -0.25) is 0 Å². The molecule has 0 aliphatic carbocycles. The molecule has 24 heavy (non-hydrogen) atoms. The summed E-state index contributed by atoms with van der Waals surface area (Å²) in [6.07, 6.45) is -5.02. The van der Waals surface area contributed by atoms with E-state index in [0.29, 0.717) is 0 Å².